The summed E-state index contributed by atoms with van der Waals surface area (Å²) in [4.78, 5) is 37.3. The van der Waals surface area contributed by atoms with Crippen molar-refractivity contribution in [3.8, 4) is 0 Å². The summed E-state index contributed by atoms with van der Waals surface area (Å²) in [6.45, 7) is 1.14. The zero-order valence-electron chi connectivity index (χ0n) is 14.2. The summed E-state index contributed by atoms with van der Waals surface area (Å²) in [5.41, 5.74) is 1.03. The SMILES string of the molecule is CN(CCCC(=O)O)C(=O)CCNC(=O)N(C)Cc1ccccc1. The molecule has 132 valence electrons. The molecule has 0 aliphatic carbocycles. The first-order valence-corrected chi connectivity index (χ1v) is 7.88. The Hall–Kier alpha value is -2.57. The van der Waals surface area contributed by atoms with E-state index in [0.29, 0.717) is 19.5 Å². The maximum absolute atomic E-state index is 12.0. The van der Waals surface area contributed by atoms with Crippen LogP contribution in [0.4, 0.5) is 4.79 Å². The highest BCUT2D eigenvalue weighted by molar-refractivity contribution is 5.78. The predicted molar refractivity (Wildman–Crippen MR) is 90.4 cm³/mol. The van der Waals surface area contributed by atoms with E-state index in [1.807, 2.05) is 30.3 Å². The molecule has 0 fully saturated rings. The van der Waals surface area contributed by atoms with E-state index in [2.05, 4.69) is 5.32 Å². The maximum Gasteiger partial charge on any atom is 0.317 e. The first-order valence-electron chi connectivity index (χ1n) is 7.88. The number of carboxylic acids is 1. The average Bonchev–Trinajstić information content (AvgIpc) is 2.55. The zero-order chi connectivity index (χ0) is 17.9. The van der Waals surface area contributed by atoms with Crippen molar-refractivity contribution in [1.82, 2.24) is 15.1 Å². The van der Waals surface area contributed by atoms with Gasteiger partial charge in [0, 0.05) is 46.6 Å². The molecular formula is C17H25N3O4. The highest BCUT2D eigenvalue weighted by Gasteiger charge is 2.12. The minimum Gasteiger partial charge on any atom is -0.481 e. The molecule has 7 nitrogen and oxygen atoms in total. The number of benzene rings is 1. The highest BCUT2D eigenvalue weighted by Crippen LogP contribution is 2.02. The number of carboxylic acid groups (broad SMARTS) is 1. The number of hydrogen-bond acceptors (Lipinski definition) is 3. The summed E-state index contributed by atoms with van der Waals surface area (Å²) < 4.78 is 0. The van der Waals surface area contributed by atoms with Gasteiger partial charge in [-0.3, -0.25) is 9.59 Å². The van der Waals surface area contributed by atoms with E-state index in [0.717, 1.165) is 5.56 Å². The summed E-state index contributed by atoms with van der Waals surface area (Å²) in [5, 5.41) is 11.3. The largest absolute Gasteiger partial charge is 0.481 e. The van der Waals surface area contributed by atoms with Crippen molar-refractivity contribution in [1.29, 1.82) is 0 Å². The lowest BCUT2D eigenvalue weighted by Gasteiger charge is -2.19. The van der Waals surface area contributed by atoms with E-state index in [-0.39, 0.29) is 31.3 Å². The third-order valence-electron chi connectivity index (χ3n) is 3.53. The van der Waals surface area contributed by atoms with Crippen molar-refractivity contribution in [3.63, 3.8) is 0 Å². The second-order valence-electron chi connectivity index (χ2n) is 5.64. The molecule has 1 aromatic rings. The summed E-state index contributed by atoms with van der Waals surface area (Å²) in [5.74, 6) is -0.990. The van der Waals surface area contributed by atoms with E-state index < -0.39 is 5.97 Å². The number of nitrogens with zero attached hydrogens (tertiary/aromatic N) is 2. The Kier molecular flexibility index (Phi) is 8.32. The molecule has 0 radical (unpaired) electrons. The number of urea groups is 1. The molecule has 1 aromatic carbocycles. The predicted octanol–water partition coefficient (Wildman–Crippen LogP) is 1.54. The summed E-state index contributed by atoms with van der Waals surface area (Å²) >= 11 is 0. The van der Waals surface area contributed by atoms with Crippen LogP contribution in [-0.2, 0) is 16.1 Å². The van der Waals surface area contributed by atoms with Crippen LogP contribution in [0.5, 0.6) is 0 Å². The molecule has 0 atom stereocenters. The fourth-order valence-electron chi connectivity index (χ4n) is 2.12. The van der Waals surface area contributed by atoms with Crippen LogP contribution in [0.1, 0.15) is 24.8 Å². The average molecular weight is 335 g/mol. The number of rotatable bonds is 9. The number of amides is 3. The number of carbonyl (C=O) groups excluding carboxylic acids is 2. The van der Waals surface area contributed by atoms with Gasteiger partial charge in [0.1, 0.15) is 0 Å². The lowest BCUT2D eigenvalue weighted by Crippen LogP contribution is -2.39. The molecule has 0 saturated carbocycles. The first-order chi connectivity index (χ1) is 11.4. The zero-order valence-corrected chi connectivity index (χ0v) is 14.2. The molecular weight excluding hydrogens is 310 g/mol. The van der Waals surface area contributed by atoms with Gasteiger partial charge >= 0.3 is 12.0 Å². The van der Waals surface area contributed by atoms with Crippen molar-refractivity contribution >= 4 is 17.9 Å². The number of hydrogen-bond donors (Lipinski definition) is 2. The molecule has 0 aliphatic heterocycles. The van der Waals surface area contributed by atoms with Crippen LogP contribution in [0, 0.1) is 0 Å². The summed E-state index contributed by atoms with van der Waals surface area (Å²) in [6.07, 6.45) is 0.650. The first kappa shape index (κ1) is 19.5. The molecule has 0 unspecified atom stereocenters. The van der Waals surface area contributed by atoms with Gasteiger partial charge in [0.2, 0.25) is 5.91 Å². The van der Waals surface area contributed by atoms with Crippen molar-refractivity contribution in [3.05, 3.63) is 35.9 Å². The minimum atomic E-state index is -0.871. The normalized spacial score (nSPS) is 10.1. The molecule has 0 aromatic heterocycles. The number of carbonyl (C=O) groups is 3. The Morgan fingerprint density at radius 2 is 1.71 bits per heavy atom. The maximum atomic E-state index is 12.0. The van der Waals surface area contributed by atoms with Crippen LogP contribution < -0.4 is 5.32 Å². The van der Waals surface area contributed by atoms with Gasteiger partial charge in [-0.1, -0.05) is 30.3 Å². The van der Waals surface area contributed by atoms with Gasteiger partial charge in [-0.05, 0) is 12.0 Å². The van der Waals surface area contributed by atoms with Gasteiger partial charge in [-0.25, -0.2) is 4.79 Å². The van der Waals surface area contributed by atoms with Crippen LogP contribution in [-0.4, -0.2) is 60.0 Å². The van der Waals surface area contributed by atoms with Crippen molar-refractivity contribution < 1.29 is 19.5 Å². The van der Waals surface area contributed by atoms with Gasteiger partial charge in [0.25, 0.3) is 0 Å². The standard InChI is InChI=1S/C17H25N3O4/c1-19(12-6-9-16(22)23)15(21)10-11-18-17(24)20(2)13-14-7-4-3-5-8-14/h3-5,7-8H,6,9-13H2,1-2H3,(H,18,24)(H,22,23). The Morgan fingerprint density at radius 1 is 1.04 bits per heavy atom. The fraction of sp³-hybridized carbons (Fsp3) is 0.471. The quantitative estimate of drug-likeness (QED) is 0.716. The van der Waals surface area contributed by atoms with Crippen molar-refractivity contribution in [2.75, 3.05) is 27.2 Å². The van der Waals surface area contributed by atoms with Crippen LogP contribution in [0.2, 0.25) is 0 Å². The minimum absolute atomic E-state index is 0.0403. The molecule has 7 heteroatoms. The van der Waals surface area contributed by atoms with Gasteiger partial charge < -0.3 is 20.2 Å². The Bertz CT molecular complexity index is 548. The number of nitrogens with one attached hydrogen (secondary N) is 1. The van der Waals surface area contributed by atoms with Crippen LogP contribution in [0.25, 0.3) is 0 Å². The van der Waals surface area contributed by atoms with E-state index in [4.69, 9.17) is 5.11 Å². The van der Waals surface area contributed by atoms with Crippen LogP contribution in [0.15, 0.2) is 30.3 Å². The molecule has 0 bridgehead atoms. The second kappa shape index (κ2) is 10.3. The van der Waals surface area contributed by atoms with Crippen LogP contribution in [0.3, 0.4) is 0 Å². The highest BCUT2D eigenvalue weighted by atomic mass is 16.4. The summed E-state index contributed by atoms with van der Waals surface area (Å²) in [7, 11) is 3.33. The van der Waals surface area contributed by atoms with Gasteiger partial charge in [0.05, 0.1) is 0 Å². The smallest absolute Gasteiger partial charge is 0.317 e. The van der Waals surface area contributed by atoms with Crippen molar-refractivity contribution in [2.45, 2.75) is 25.8 Å². The van der Waals surface area contributed by atoms with Crippen LogP contribution >= 0.6 is 0 Å². The van der Waals surface area contributed by atoms with Gasteiger partial charge in [-0.2, -0.15) is 0 Å². The molecule has 1 rings (SSSR count). The summed E-state index contributed by atoms with van der Waals surface area (Å²) in [6, 6.07) is 9.40. The van der Waals surface area contributed by atoms with Gasteiger partial charge in [-0.15, -0.1) is 0 Å². The molecule has 0 saturated heterocycles. The van der Waals surface area contributed by atoms with Gasteiger partial charge in [0.15, 0.2) is 0 Å². The molecule has 0 heterocycles. The van der Waals surface area contributed by atoms with E-state index in [1.54, 1.807) is 19.0 Å². The third-order valence-corrected chi connectivity index (χ3v) is 3.53. The Morgan fingerprint density at radius 3 is 2.33 bits per heavy atom. The molecule has 24 heavy (non-hydrogen) atoms. The molecule has 0 aliphatic rings. The molecule has 0 spiro atoms. The Balaban J connectivity index is 2.24. The Labute approximate surface area is 142 Å². The van der Waals surface area contributed by atoms with Crippen molar-refractivity contribution in [2.24, 2.45) is 0 Å². The van der Waals surface area contributed by atoms with E-state index in [9.17, 15) is 14.4 Å². The second-order valence-corrected chi connectivity index (χ2v) is 5.64. The monoisotopic (exact) mass is 335 g/mol. The van der Waals surface area contributed by atoms with E-state index in [1.165, 1.54) is 4.90 Å². The topological polar surface area (TPSA) is 90.0 Å². The lowest BCUT2D eigenvalue weighted by atomic mass is 10.2. The third kappa shape index (κ3) is 7.62. The molecule has 3 amide bonds. The lowest BCUT2D eigenvalue weighted by molar-refractivity contribution is -0.138. The number of aliphatic carboxylic acids is 1. The van der Waals surface area contributed by atoms with E-state index >= 15 is 0 Å². The molecule has 2 N–H and O–H groups in total. The fourth-order valence-corrected chi connectivity index (χ4v) is 2.12.